The van der Waals surface area contributed by atoms with Crippen LogP contribution in [-0.4, -0.2) is 6.04 Å². The molecule has 2 heteroatoms. The van der Waals surface area contributed by atoms with Crippen LogP contribution >= 0.6 is 0 Å². The summed E-state index contributed by atoms with van der Waals surface area (Å²) in [7, 11) is 0. The van der Waals surface area contributed by atoms with Crippen molar-refractivity contribution in [3.05, 3.63) is 0 Å². The maximum Gasteiger partial charge on any atom is 0.0215 e. The van der Waals surface area contributed by atoms with E-state index >= 15 is 0 Å². The summed E-state index contributed by atoms with van der Waals surface area (Å²) in [5, 5.41) is 0. The van der Waals surface area contributed by atoms with Crippen LogP contribution in [-0.2, 0) is 0 Å². The van der Waals surface area contributed by atoms with E-state index in [0.29, 0.717) is 11.5 Å². The predicted octanol–water partition coefficient (Wildman–Crippen LogP) is 2.06. The van der Waals surface area contributed by atoms with Gasteiger partial charge in [-0.05, 0) is 24.7 Å². The van der Waals surface area contributed by atoms with Gasteiger partial charge in [-0.1, -0.05) is 20.8 Å². The third kappa shape index (κ3) is 7.83. The third-order valence-corrected chi connectivity index (χ3v) is 1.97. The minimum absolute atomic E-state index is 0.327. The molecular formula is C11H22N2. The first-order chi connectivity index (χ1) is 5.99. The lowest BCUT2D eigenvalue weighted by Gasteiger charge is -2.25. The van der Waals surface area contributed by atoms with Gasteiger partial charge in [-0.2, -0.15) is 0 Å². The van der Waals surface area contributed by atoms with Crippen LogP contribution in [0.1, 0.15) is 46.5 Å². The molecular weight excluding hydrogens is 160 g/mol. The van der Waals surface area contributed by atoms with Crippen molar-refractivity contribution in [1.29, 1.82) is 0 Å². The topological polar surface area (TPSA) is 38.0 Å². The van der Waals surface area contributed by atoms with Gasteiger partial charge in [0.15, 0.2) is 0 Å². The van der Waals surface area contributed by atoms with Crippen molar-refractivity contribution >= 4 is 0 Å². The standard InChI is InChI=1S/C11H22N2/c1-5-6-7-8-10(13-12)9-11(2,3)4/h1,10,13H,6-9,12H2,2-4H3. The second-order valence-corrected chi connectivity index (χ2v) is 4.72. The lowest BCUT2D eigenvalue weighted by atomic mass is 9.86. The lowest BCUT2D eigenvalue weighted by Crippen LogP contribution is -2.37. The van der Waals surface area contributed by atoms with E-state index in [9.17, 15) is 0 Å². The van der Waals surface area contributed by atoms with E-state index in [1.54, 1.807) is 0 Å². The molecule has 0 saturated heterocycles. The van der Waals surface area contributed by atoms with Crippen LogP contribution in [0.15, 0.2) is 0 Å². The molecule has 76 valence electrons. The van der Waals surface area contributed by atoms with Gasteiger partial charge in [0, 0.05) is 12.5 Å². The molecule has 13 heavy (non-hydrogen) atoms. The lowest BCUT2D eigenvalue weighted by molar-refractivity contribution is 0.297. The number of nitrogens with two attached hydrogens (primary N) is 1. The highest BCUT2D eigenvalue weighted by Crippen LogP contribution is 2.22. The summed E-state index contributed by atoms with van der Waals surface area (Å²) in [5.41, 5.74) is 3.18. The Morgan fingerprint density at radius 2 is 2.08 bits per heavy atom. The highest BCUT2D eigenvalue weighted by atomic mass is 15.2. The molecule has 0 radical (unpaired) electrons. The Labute approximate surface area is 82.2 Å². The van der Waals surface area contributed by atoms with Crippen molar-refractivity contribution in [2.24, 2.45) is 11.3 Å². The molecule has 0 aliphatic heterocycles. The third-order valence-electron chi connectivity index (χ3n) is 1.97. The molecule has 0 amide bonds. The molecule has 0 aromatic heterocycles. The molecule has 0 fully saturated rings. The highest BCUT2D eigenvalue weighted by Gasteiger charge is 2.16. The molecule has 0 spiro atoms. The van der Waals surface area contributed by atoms with Gasteiger partial charge in [0.2, 0.25) is 0 Å². The highest BCUT2D eigenvalue weighted by molar-refractivity contribution is 4.84. The van der Waals surface area contributed by atoms with Crippen molar-refractivity contribution in [2.75, 3.05) is 0 Å². The average Bonchev–Trinajstić information content (AvgIpc) is 2.01. The van der Waals surface area contributed by atoms with Gasteiger partial charge in [0.25, 0.3) is 0 Å². The summed E-state index contributed by atoms with van der Waals surface area (Å²) in [6.45, 7) is 6.66. The molecule has 0 rings (SSSR count). The van der Waals surface area contributed by atoms with E-state index in [1.807, 2.05) is 0 Å². The normalized spacial score (nSPS) is 13.8. The second-order valence-electron chi connectivity index (χ2n) is 4.72. The van der Waals surface area contributed by atoms with Crippen molar-refractivity contribution in [2.45, 2.75) is 52.5 Å². The van der Waals surface area contributed by atoms with Crippen LogP contribution in [0.5, 0.6) is 0 Å². The Kier molecular flexibility index (Phi) is 5.77. The largest absolute Gasteiger partial charge is 0.271 e. The van der Waals surface area contributed by atoms with E-state index in [4.69, 9.17) is 12.3 Å². The fraction of sp³-hybridized carbons (Fsp3) is 0.818. The quantitative estimate of drug-likeness (QED) is 0.295. The maximum absolute atomic E-state index is 5.46. The van der Waals surface area contributed by atoms with E-state index in [-0.39, 0.29) is 0 Å². The van der Waals surface area contributed by atoms with Crippen LogP contribution in [0.4, 0.5) is 0 Å². The van der Waals surface area contributed by atoms with Gasteiger partial charge in [-0.25, -0.2) is 0 Å². The zero-order valence-corrected chi connectivity index (χ0v) is 9.06. The minimum Gasteiger partial charge on any atom is -0.271 e. The Morgan fingerprint density at radius 3 is 2.46 bits per heavy atom. The summed E-state index contributed by atoms with van der Waals surface area (Å²) >= 11 is 0. The van der Waals surface area contributed by atoms with Gasteiger partial charge in [0.05, 0.1) is 0 Å². The van der Waals surface area contributed by atoms with Crippen LogP contribution in [0, 0.1) is 17.8 Å². The molecule has 0 aromatic rings. The van der Waals surface area contributed by atoms with Gasteiger partial charge in [-0.15, -0.1) is 12.3 Å². The molecule has 3 N–H and O–H groups in total. The average molecular weight is 182 g/mol. The fourth-order valence-electron chi connectivity index (χ4n) is 1.43. The first-order valence-corrected chi connectivity index (χ1v) is 4.89. The van der Waals surface area contributed by atoms with Crippen LogP contribution < -0.4 is 11.3 Å². The van der Waals surface area contributed by atoms with Crippen LogP contribution in [0.2, 0.25) is 0 Å². The summed E-state index contributed by atoms with van der Waals surface area (Å²) in [4.78, 5) is 0. The molecule has 2 nitrogen and oxygen atoms in total. The SMILES string of the molecule is C#CCCCC(CC(C)(C)C)NN. The molecule has 0 aromatic carbocycles. The Balaban J connectivity index is 3.71. The number of hydrogen-bond donors (Lipinski definition) is 2. The fourth-order valence-corrected chi connectivity index (χ4v) is 1.43. The molecule has 1 atom stereocenters. The van der Waals surface area contributed by atoms with Crippen LogP contribution in [0.3, 0.4) is 0 Å². The number of hydrogen-bond acceptors (Lipinski definition) is 2. The first-order valence-electron chi connectivity index (χ1n) is 4.89. The smallest absolute Gasteiger partial charge is 0.0215 e. The molecule has 1 unspecified atom stereocenters. The second kappa shape index (κ2) is 6.01. The maximum atomic E-state index is 5.46. The summed E-state index contributed by atoms with van der Waals surface area (Å²) < 4.78 is 0. The Bertz CT molecular complexity index is 162. The van der Waals surface area contributed by atoms with Crippen molar-refractivity contribution < 1.29 is 0 Å². The van der Waals surface area contributed by atoms with Crippen molar-refractivity contribution in [1.82, 2.24) is 5.43 Å². The van der Waals surface area contributed by atoms with E-state index in [1.165, 1.54) is 0 Å². The van der Waals surface area contributed by atoms with E-state index < -0.39 is 0 Å². The van der Waals surface area contributed by atoms with Gasteiger partial charge >= 0.3 is 0 Å². The number of hydrazine groups is 1. The minimum atomic E-state index is 0.327. The molecule has 0 bridgehead atoms. The molecule has 0 aliphatic rings. The molecule has 0 aliphatic carbocycles. The zero-order chi connectivity index (χ0) is 10.3. The number of terminal acetylenes is 1. The Hall–Kier alpha value is -0.520. The van der Waals surface area contributed by atoms with Crippen LogP contribution in [0.25, 0.3) is 0 Å². The van der Waals surface area contributed by atoms with Crippen molar-refractivity contribution in [3.8, 4) is 12.3 Å². The number of rotatable bonds is 5. The van der Waals surface area contributed by atoms with Crippen molar-refractivity contribution in [3.63, 3.8) is 0 Å². The first kappa shape index (κ1) is 12.5. The Morgan fingerprint density at radius 1 is 1.46 bits per heavy atom. The van der Waals surface area contributed by atoms with Gasteiger partial charge < -0.3 is 0 Å². The zero-order valence-electron chi connectivity index (χ0n) is 9.06. The summed E-state index contributed by atoms with van der Waals surface area (Å²) in [6, 6.07) is 0.397. The number of unbranched alkanes of at least 4 members (excludes halogenated alkanes) is 1. The van der Waals surface area contributed by atoms with Gasteiger partial charge in [-0.3, -0.25) is 11.3 Å². The summed E-state index contributed by atoms with van der Waals surface area (Å²) in [5.74, 6) is 8.10. The van der Waals surface area contributed by atoms with E-state index in [2.05, 4.69) is 32.1 Å². The predicted molar refractivity (Wildman–Crippen MR) is 57.9 cm³/mol. The molecule has 0 saturated carbocycles. The molecule has 0 heterocycles. The number of nitrogens with one attached hydrogen (secondary N) is 1. The summed E-state index contributed by atoms with van der Waals surface area (Å²) in [6.07, 6.45) is 9.25. The monoisotopic (exact) mass is 182 g/mol. The van der Waals surface area contributed by atoms with E-state index in [0.717, 1.165) is 25.7 Å². The van der Waals surface area contributed by atoms with Gasteiger partial charge in [0.1, 0.15) is 0 Å².